The third kappa shape index (κ3) is 9.03. The van der Waals surface area contributed by atoms with Gasteiger partial charge in [0.25, 0.3) is 0 Å². The maximum absolute atomic E-state index is 10.3. The number of carbonyl (C=O) groups is 2. The van der Waals surface area contributed by atoms with Crippen molar-refractivity contribution in [3.8, 4) is 0 Å². The van der Waals surface area contributed by atoms with Crippen molar-refractivity contribution >= 4 is 11.9 Å². The second-order valence-corrected chi connectivity index (χ2v) is 3.36. The highest BCUT2D eigenvalue weighted by molar-refractivity contribution is 5.71. The Morgan fingerprint density at radius 3 is 1.00 bits per heavy atom. The minimum atomic E-state index is -0.153. The molecule has 0 aromatic rings. The van der Waals surface area contributed by atoms with Gasteiger partial charge in [-0.1, -0.05) is 27.7 Å². The average Bonchev–Trinajstić information content (AvgIpc) is 2.15. The summed E-state index contributed by atoms with van der Waals surface area (Å²) in [6.07, 6.45) is 0. The molecule has 0 atom stereocenters. The lowest BCUT2D eigenvalue weighted by molar-refractivity contribution is -0.145. The van der Waals surface area contributed by atoms with E-state index in [0.717, 1.165) is 0 Å². The summed E-state index contributed by atoms with van der Waals surface area (Å²) in [6.45, 7) is 7.19. The summed E-state index contributed by atoms with van der Waals surface area (Å²) in [7, 11) is 2.78. The van der Waals surface area contributed by atoms with E-state index in [-0.39, 0.29) is 23.8 Å². The van der Waals surface area contributed by atoms with Gasteiger partial charge >= 0.3 is 11.9 Å². The molecule has 0 aliphatic rings. The van der Waals surface area contributed by atoms with Crippen molar-refractivity contribution in [1.29, 1.82) is 0 Å². The molecule has 4 heteroatoms. The average molecular weight is 204 g/mol. The molecule has 0 rings (SSSR count). The molecule has 0 radical (unpaired) electrons. The molecular weight excluding hydrogens is 184 g/mol. The van der Waals surface area contributed by atoms with Crippen LogP contribution in [-0.4, -0.2) is 26.2 Å². The summed E-state index contributed by atoms with van der Waals surface area (Å²) in [5.41, 5.74) is 0. The Balaban J connectivity index is 0. The molecule has 0 N–H and O–H groups in total. The smallest absolute Gasteiger partial charge is 0.308 e. The minimum Gasteiger partial charge on any atom is -0.469 e. The van der Waals surface area contributed by atoms with Crippen molar-refractivity contribution in [3.05, 3.63) is 0 Å². The Kier molecular flexibility index (Phi) is 9.40. The zero-order chi connectivity index (χ0) is 11.7. The molecule has 0 heterocycles. The Bertz CT molecular complexity index is 153. The number of esters is 2. The maximum atomic E-state index is 10.3. The molecule has 0 aromatic heterocycles. The quantitative estimate of drug-likeness (QED) is 0.641. The van der Waals surface area contributed by atoms with Crippen LogP contribution in [0.5, 0.6) is 0 Å². The summed E-state index contributed by atoms with van der Waals surface area (Å²) in [5.74, 6) is -0.296. The van der Waals surface area contributed by atoms with Gasteiger partial charge in [-0.2, -0.15) is 0 Å². The molecule has 0 aromatic carbocycles. The number of hydrogen-bond acceptors (Lipinski definition) is 4. The van der Waals surface area contributed by atoms with Crippen LogP contribution in [0.1, 0.15) is 27.7 Å². The van der Waals surface area contributed by atoms with Gasteiger partial charge in [0.1, 0.15) is 0 Å². The van der Waals surface area contributed by atoms with Crippen LogP contribution in [0.2, 0.25) is 0 Å². The normalized spacial score (nSPS) is 9.14. The fourth-order valence-corrected chi connectivity index (χ4v) is 0.471. The lowest BCUT2D eigenvalue weighted by Gasteiger charge is -1.97. The van der Waals surface area contributed by atoms with E-state index in [1.165, 1.54) is 14.2 Å². The van der Waals surface area contributed by atoms with E-state index < -0.39 is 0 Å². The molecule has 0 aliphatic heterocycles. The zero-order valence-electron chi connectivity index (χ0n) is 9.79. The van der Waals surface area contributed by atoms with E-state index in [9.17, 15) is 9.59 Å². The van der Waals surface area contributed by atoms with Crippen molar-refractivity contribution in [2.24, 2.45) is 11.8 Å². The van der Waals surface area contributed by atoms with Crippen LogP contribution in [0, 0.1) is 11.8 Å². The van der Waals surface area contributed by atoms with Crippen molar-refractivity contribution in [2.75, 3.05) is 14.2 Å². The zero-order valence-corrected chi connectivity index (χ0v) is 9.79. The van der Waals surface area contributed by atoms with Gasteiger partial charge in [0.15, 0.2) is 0 Å². The number of rotatable bonds is 2. The second kappa shape index (κ2) is 8.53. The van der Waals surface area contributed by atoms with Crippen LogP contribution in [0.15, 0.2) is 0 Å². The fourth-order valence-electron chi connectivity index (χ4n) is 0.471. The molecule has 0 unspecified atom stereocenters. The van der Waals surface area contributed by atoms with Crippen LogP contribution < -0.4 is 0 Å². The van der Waals surface area contributed by atoms with Crippen LogP contribution in [0.3, 0.4) is 0 Å². The lowest BCUT2D eigenvalue weighted by Crippen LogP contribution is -2.07. The summed E-state index contributed by atoms with van der Waals surface area (Å²) in [4.78, 5) is 20.6. The monoisotopic (exact) mass is 204 g/mol. The standard InChI is InChI=1S/2C5H10O2/c2*1-4(2)5(6)7-3/h2*4H,1-3H3. The summed E-state index contributed by atoms with van der Waals surface area (Å²) < 4.78 is 8.75. The molecule has 0 saturated heterocycles. The number of ether oxygens (including phenoxy) is 2. The molecule has 14 heavy (non-hydrogen) atoms. The predicted octanol–water partition coefficient (Wildman–Crippen LogP) is 1.63. The topological polar surface area (TPSA) is 52.6 Å². The molecule has 0 saturated carbocycles. The molecule has 0 amide bonds. The van der Waals surface area contributed by atoms with E-state index >= 15 is 0 Å². The first-order chi connectivity index (χ1) is 6.36. The van der Waals surface area contributed by atoms with Gasteiger partial charge in [0.05, 0.1) is 26.1 Å². The van der Waals surface area contributed by atoms with Crippen LogP contribution in [0.4, 0.5) is 0 Å². The van der Waals surface area contributed by atoms with Gasteiger partial charge in [-0.05, 0) is 0 Å². The van der Waals surface area contributed by atoms with Crippen molar-refractivity contribution in [3.63, 3.8) is 0 Å². The first-order valence-electron chi connectivity index (χ1n) is 4.52. The number of carbonyl (C=O) groups excluding carboxylic acids is 2. The van der Waals surface area contributed by atoms with E-state index in [0.29, 0.717) is 0 Å². The third-order valence-corrected chi connectivity index (χ3v) is 1.35. The number of methoxy groups -OCH3 is 2. The highest BCUT2D eigenvalue weighted by Gasteiger charge is 2.03. The third-order valence-electron chi connectivity index (χ3n) is 1.35. The van der Waals surface area contributed by atoms with Gasteiger partial charge in [-0.3, -0.25) is 9.59 Å². The van der Waals surface area contributed by atoms with E-state index in [1.54, 1.807) is 27.7 Å². The van der Waals surface area contributed by atoms with Gasteiger partial charge in [0.2, 0.25) is 0 Å². The van der Waals surface area contributed by atoms with Gasteiger partial charge < -0.3 is 9.47 Å². The SMILES string of the molecule is COC(=O)C(C)C.COC(=O)C(C)C. The van der Waals surface area contributed by atoms with Crippen LogP contribution in [0.25, 0.3) is 0 Å². The predicted molar refractivity (Wildman–Crippen MR) is 53.7 cm³/mol. The molecular formula is C10H20O4. The maximum Gasteiger partial charge on any atom is 0.308 e. The highest BCUT2D eigenvalue weighted by Crippen LogP contribution is 1.92. The summed E-state index contributed by atoms with van der Waals surface area (Å²) in [6, 6.07) is 0. The van der Waals surface area contributed by atoms with Gasteiger partial charge in [-0.15, -0.1) is 0 Å². The summed E-state index contributed by atoms with van der Waals surface area (Å²) >= 11 is 0. The van der Waals surface area contributed by atoms with E-state index in [1.807, 2.05) is 0 Å². The summed E-state index contributed by atoms with van der Waals surface area (Å²) in [5, 5.41) is 0. The van der Waals surface area contributed by atoms with E-state index in [2.05, 4.69) is 9.47 Å². The Morgan fingerprint density at radius 2 is 1.00 bits per heavy atom. The highest BCUT2D eigenvalue weighted by atomic mass is 16.5. The van der Waals surface area contributed by atoms with Gasteiger partial charge in [0, 0.05) is 0 Å². The molecule has 0 bridgehead atoms. The van der Waals surface area contributed by atoms with Crippen molar-refractivity contribution in [2.45, 2.75) is 27.7 Å². The Hall–Kier alpha value is -1.06. The molecule has 0 aliphatic carbocycles. The largest absolute Gasteiger partial charge is 0.469 e. The fraction of sp³-hybridized carbons (Fsp3) is 0.800. The molecule has 0 fully saturated rings. The van der Waals surface area contributed by atoms with Crippen LogP contribution in [-0.2, 0) is 19.1 Å². The first-order valence-corrected chi connectivity index (χ1v) is 4.52. The molecule has 0 spiro atoms. The van der Waals surface area contributed by atoms with E-state index in [4.69, 9.17) is 0 Å². The molecule has 4 nitrogen and oxygen atoms in total. The Morgan fingerprint density at radius 1 is 0.786 bits per heavy atom. The number of hydrogen-bond donors (Lipinski definition) is 0. The van der Waals surface area contributed by atoms with Crippen molar-refractivity contribution < 1.29 is 19.1 Å². The van der Waals surface area contributed by atoms with Crippen molar-refractivity contribution in [1.82, 2.24) is 0 Å². The minimum absolute atomic E-state index is 0.00463. The lowest BCUT2D eigenvalue weighted by atomic mass is 10.2. The Labute approximate surface area is 85.6 Å². The second-order valence-electron chi connectivity index (χ2n) is 3.36. The van der Waals surface area contributed by atoms with Gasteiger partial charge in [-0.25, -0.2) is 0 Å². The first kappa shape index (κ1) is 15.4. The van der Waals surface area contributed by atoms with Crippen LogP contribution >= 0.6 is 0 Å². The molecule has 84 valence electrons.